The van der Waals surface area contributed by atoms with E-state index in [-0.39, 0.29) is 5.91 Å². The van der Waals surface area contributed by atoms with Crippen LogP contribution < -0.4 is 0 Å². The van der Waals surface area contributed by atoms with Crippen molar-refractivity contribution in [1.82, 2.24) is 24.5 Å². The summed E-state index contributed by atoms with van der Waals surface area (Å²) < 4.78 is 1.89. The molecule has 0 unspecified atom stereocenters. The fourth-order valence-corrected chi connectivity index (χ4v) is 4.09. The van der Waals surface area contributed by atoms with E-state index in [2.05, 4.69) is 29.3 Å². The van der Waals surface area contributed by atoms with Crippen LogP contribution in [-0.4, -0.2) is 37.4 Å². The van der Waals surface area contributed by atoms with E-state index in [0.717, 1.165) is 33.2 Å². The van der Waals surface area contributed by atoms with Crippen LogP contribution in [0.2, 0.25) is 0 Å². The van der Waals surface area contributed by atoms with E-state index in [1.165, 1.54) is 16.9 Å². The smallest absolute Gasteiger partial charge is 0.271 e. The number of imidazole rings is 1. The van der Waals surface area contributed by atoms with Crippen molar-refractivity contribution in [2.75, 3.05) is 7.05 Å². The molecule has 0 fully saturated rings. The molecule has 0 spiro atoms. The van der Waals surface area contributed by atoms with Crippen LogP contribution in [-0.2, 0) is 6.54 Å². The van der Waals surface area contributed by atoms with E-state index in [4.69, 9.17) is 4.98 Å². The Labute approximate surface area is 161 Å². The fourth-order valence-electron chi connectivity index (χ4n) is 3.24. The Balaban J connectivity index is 1.65. The molecule has 1 amide bonds. The second kappa shape index (κ2) is 6.66. The van der Waals surface area contributed by atoms with Crippen LogP contribution in [0.1, 0.15) is 33.0 Å². The molecule has 6 nitrogen and oxygen atoms in total. The lowest BCUT2D eigenvalue weighted by Gasteiger charge is -2.17. The normalized spacial score (nSPS) is 11.3. The van der Waals surface area contributed by atoms with Crippen LogP contribution in [0.3, 0.4) is 0 Å². The van der Waals surface area contributed by atoms with Crippen LogP contribution in [0.15, 0.2) is 35.8 Å². The molecule has 3 aromatic heterocycles. The Hall–Kier alpha value is -2.93. The van der Waals surface area contributed by atoms with Crippen LogP contribution >= 0.6 is 11.3 Å². The average molecular weight is 379 g/mol. The number of aromatic nitrogens is 4. The summed E-state index contributed by atoms with van der Waals surface area (Å²) in [4.78, 5) is 20.3. The molecule has 0 aliphatic heterocycles. The molecule has 0 saturated carbocycles. The predicted molar refractivity (Wildman–Crippen MR) is 107 cm³/mol. The summed E-state index contributed by atoms with van der Waals surface area (Å²) in [6, 6.07) is 8.14. The molecule has 7 heteroatoms. The topological polar surface area (TPSA) is 66.3 Å². The molecule has 1 aromatic carbocycles. The minimum atomic E-state index is -0.0324. The first-order chi connectivity index (χ1) is 13.0. The molecule has 0 atom stereocenters. The van der Waals surface area contributed by atoms with Crippen molar-refractivity contribution in [2.24, 2.45) is 0 Å². The van der Waals surface area contributed by atoms with Gasteiger partial charge < -0.3 is 4.90 Å². The summed E-state index contributed by atoms with van der Waals surface area (Å²) in [5.74, 6) is -0.0324. The standard InChI is InChI=1S/C20H21N5OS/c1-12-7-5-6-8-15(12)17-10-25-18(11-27-20(25)21-17)19(26)24(4)9-16-13(2)22-23-14(16)3/h5-8,10-11H,9H2,1-4H3,(H,22,23). The molecule has 4 rings (SSSR count). The van der Waals surface area contributed by atoms with Gasteiger partial charge in [0.1, 0.15) is 5.69 Å². The summed E-state index contributed by atoms with van der Waals surface area (Å²) in [5, 5.41) is 9.05. The third-order valence-corrected chi connectivity index (χ3v) is 5.71. The average Bonchev–Trinajstić information content (AvgIpc) is 3.31. The number of nitrogens with one attached hydrogen (secondary N) is 1. The Morgan fingerprint density at radius 1 is 1.26 bits per heavy atom. The van der Waals surface area contributed by atoms with Crippen LogP contribution in [0, 0.1) is 20.8 Å². The van der Waals surface area contributed by atoms with Crippen molar-refractivity contribution in [3.63, 3.8) is 0 Å². The molecule has 0 saturated heterocycles. The Bertz CT molecular complexity index is 1120. The monoisotopic (exact) mass is 379 g/mol. The SMILES string of the molecule is Cc1ccccc1-c1cn2c(C(=O)N(C)Cc3c(C)n[nH]c3C)csc2n1. The number of hydrogen-bond acceptors (Lipinski definition) is 4. The highest BCUT2D eigenvalue weighted by Crippen LogP contribution is 2.26. The first-order valence-corrected chi connectivity index (χ1v) is 9.62. The van der Waals surface area contributed by atoms with Crippen molar-refractivity contribution in [1.29, 1.82) is 0 Å². The number of nitrogens with zero attached hydrogens (tertiary/aromatic N) is 4. The number of fused-ring (bicyclic) bond motifs is 1. The molecule has 0 bridgehead atoms. The van der Waals surface area contributed by atoms with Gasteiger partial charge >= 0.3 is 0 Å². The summed E-state index contributed by atoms with van der Waals surface area (Å²) in [6.45, 7) is 6.51. The van der Waals surface area contributed by atoms with E-state index in [1.54, 1.807) is 4.90 Å². The second-order valence-electron chi connectivity index (χ2n) is 6.79. The van der Waals surface area contributed by atoms with Crippen molar-refractivity contribution in [3.8, 4) is 11.3 Å². The number of amides is 1. The predicted octanol–water partition coefficient (Wildman–Crippen LogP) is 3.98. The number of H-pyrrole nitrogens is 1. The van der Waals surface area contributed by atoms with Gasteiger partial charge in [0, 0.05) is 42.0 Å². The molecule has 3 heterocycles. The highest BCUT2D eigenvalue weighted by atomic mass is 32.1. The lowest BCUT2D eigenvalue weighted by atomic mass is 10.1. The van der Waals surface area contributed by atoms with Gasteiger partial charge in [-0.3, -0.25) is 14.3 Å². The maximum absolute atomic E-state index is 13.0. The maximum atomic E-state index is 13.0. The Morgan fingerprint density at radius 3 is 2.74 bits per heavy atom. The largest absolute Gasteiger partial charge is 0.336 e. The Morgan fingerprint density at radius 2 is 2.04 bits per heavy atom. The highest BCUT2D eigenvalue weighted by Gasteiger charge is 2.20. The van der Waals surface area contributed by atoms with Gasteiger partial charge in [-0.15, -0.1) is 11.3 Å². The minimum absolute atomic E-state index is 0.0324. The van der Waals surface area contributed by atoms with Gasteiger partial charge in [0.2, 0.25) is 0 Å². The van der Waals surface area contributed by atoms with E-state index in [0.29, 0.717) is 12.2 Å². The third kappa shape index (κ3) is 3.04. The number of thiazole rings is 1. The van der Waals surface area contributed by atoms with E-state index in [1.807, 2.05) is 49.0 Å². The number of hydrogen-bond donors (Lipinski definition) is 1. The van der Waals surface area contributed by atoms with E-state index < -0.39 is 0 Å². The maximum Gasteiger partial charge on any atom is 0.271 e. The van der Waals surface area contributed by atoms with Gasteiger partial charge in [-0.2, -0.15) is 5.10 Å². The summed E-state index contributed by atoms with van der Waals surface area (Å²) in [5.41, 5.74) is 6.74. The molecule has 138 valence electrons. The molecular formula is C20H21N5OS. The molecule has 0 aliphatic carbocycles. The molecule has 0 radical (unpaired) electrons. The number of aromatic amines is 1. The van der Waals surface area contributed by atoms with Gasteiger partial charge in [0.05, 0.1) is 11.4 Å². The quantitative estimate of drug-likeness (QED) is 0.583. The van der Waals surface area contributed by atoms with Gasteiger partial charge in [-0.25, -0.2) is 4.98 Å². The lowest BCUT2D eigenvalue weighted by Crippen LogP contribution is -2.27. The summed E-state index contributed by atoms with van der Waals surface area (Å²) >= 11 is 1.48. The number of aryl methyl sites for hydroxylation is 3. The van der Waals surface area contributed by atoms with E-state index in [9.17, 15) is 4.79 Å². The van der Waals surface area contributed by atoms with Gasteiger partial charge in [0.15, 0.2) is 4.96 Å². The van der Waals surface area contributed by atoms with Crippen molar-refractivity contribution >= 4 is 22.2 Å². The van der Waals surface area contributed by atoms with Gasteiger partial charge in [-0.05, 0) is 26.3 Å². The van der Waals surface area contributed by atoms with Crippen molar-refractivity contribution < 1.29 is 4.79 Å². The zero-order valence-electron chi connectivity index (χ0n) is 15.8. The third-order valence-electron chi connectivity index (χ3n) is 4.87. The highest BCUT2D eigenvalue weighted by molar-refractivity contribution is 7.15. The van der Waals surface area contributed by atoms with Crippen LogP contribution in [0.4, 0.5) is 0 Å². The first-order valence-electron chi connectivity index (χ1n) is 8.74. The number of rotatable bonds is 4. The zero-order chi connectivity index (χ0) is 19.1. The second-order valence-corrected chi connectivity index (χ2v) is 7.62. The number of carbonyl (C=O) groups excluding carboxylic acids is 1. The summed E-state index contributed by atoms with van der Waals surface area (Å²) in [6.07, 6.45) is 1.95. The zero-order valence-corrected chi connectivity index (χ0v) is 16.6. The fraction of sp³-hybridized carbons (Fsp3) is 0.250. The van der Waals surface area contributed by atoms with Crippen molar-refractivity contribution in [3.05, 3.63) is 64.1 Å². The van der Waals surface area contributed by atoms with Gasteiger partial charge in [-0.1, -0.05) is 24.3 Å². The van der Waals surface area contributed by atoms with Crippen molar-refractivity contribution in [2.45, 2.75) is 27.3 Å². The first kappa shape index (κ1) is 17.5. The van der Waals surface area contributed by atoms with Crippen LogP contribution in [0.5, 0.6) is 0 Å². The summed E-state index contributed by atoms with van der Waals surface area (Å²) in [7, 11) is 1.82. The molecular weight excluding hydrogens is 358 g/mol. The molecule has 4 aromatic rings. The molecule has 0 aliphatic rings. The van der Waals surface area contributed by atoms with Gasteiger partial charge in [0.25, 0.3) is 5.91 Å². The van der Waals surface area contributed by atoms with E-state index >= 15 is 0 Å². The lowest BCUT2D eigenvalue weighted by molar-refractivity contribution is 0.0778. The Kier molecular flexibility index (Phi) is 4.31. The molecule has 27 heavy (non-hydrogen) atoms. The van der Waals surface area contributed by atoms with Crippen LogP contribution in [0.25, 0.3) is 16.2 Å². The molecule has 1 N–H and O–H groups in total. The number of carbonyl (C=O) groups is 1. The number of benzene rings is 1. The minimum Gasteiger partial charge on any atom is -0.336 e.